The molecule has 1 aliphatic rings. The number of ketones is 1. The number of benzene rings is 3. The summed E-state index contributed by atoms with van der Waals surface area (Å²) in [5.41, 5.74) is 5.57. The number of fused-ring (bicyclic) bond motifs is 1. The highest BCUT2D eigenvalue weighted by Crippen LogP contribution is 2.43. The molecule has 0 radical (unpaired) electrons. The molecular weight excluding hydrogens is 502 g/mol. The Balaban J connectivity index is 1.72. The van der Waals surface area contributed by atoms with Crippen LogP contribution in [0.4, 0.5) is 5.95 Å². The van der Waals surface area contributed by atoms with E-state index < -0.39 is 17.7 Å². The summed E-state index contributed by atoms with van der Waals surface area (Å²) in [6.45, 7) is 12.4. The monoisotopic (exact) mass is 537 g/mol. The number of amides is 1. The third kappa shape index (κ3) is 4.66. The number of aromatic nitrogens is 2. The Morgan fingerprint density at radius 1 is 1.02 bits per heavy atom. The number of hydrogen-bond acceptors (Lipinski definition) is 5. The van der Waals surface area contributed by atoms with Crippen molar-refractivity contribution >= 4 is 34.4 Å². The van der Waals surface area contributed by atoms with Gasteiger partial charge in [0, 0.05) is 5.56 Å². The van der Waals surface area contributed by atoms with E-state index >= 15 is 0 Å². The molecule has 4 aromatic rings. The Bertz CT molecular complexity index is 1660. The highest BCUT2D eigenvalue weighted by Gasteiger charge is 2.48. The summed E-state index contributed by atoms with van der Waals surface area (Å²) >= 11 is 0. The Labute approximate surface area is 234 Å². The molecule has 5 rings (SSSR count). The lowest BCUT2D eigenvalue weighted by Gasteiger charge is -2.25. The fraction of sp³-hybridized carbons (Fsp3) is 0.303. The van der Waals surface area contributed by atoms with Crippen molar-refractivity contribution in [2.24, 2.45) is 0 Å². The average Bonchev–Trinajstić information content (AvgIpc) is 3.44. The molecule has 1 atom stereocenters. The van der Waals surface area contributed by atoms with Gasteiger partial charge < -0.3 is 14.8 Å². The van der Waals surface area contributed by atoms with E-state index in [-0.39, 0.29) is 28.6 Å². The number of ether oxygens (including phenoxy) is 1. The van der Waals surface area contributed by atoms with E-state index in [2.05, 4.69) is 30.7 Å². The molecule has 1 amide bonds. The van der Waals surface area contributed by atoms with Crippen molar-refractivity contribution in [3.63, 3.8) is 0 Å². The lowest BCUT2D eigenvalue weighted by molar-refractivity contribution is -0.132. The van der Waals surface area contributed by atoms with Gasteiger partial charge in [0.25, 0.3) is 5.78 Å². The van der Waals surface area contributed by atoms with E-state index in [1.807, 2.05) is 69.3 Å². The Hall–Kier alpha value is -4.39. The standard InChI is InChI=1S/C33H35N3O4/c1-18(2)23-17-21(11-15-26(23)40-7)29(37)27-28(20-9-12-22(13-10-20)33(4,5)6)36(31(39)30(27)38)32-34-24-14-8-19(3)16-25(24)35-32/h8-18,28,37H,1-7H3,(H,34,35)/b29-27+. The van der Waals surface area contributed by atoms with Crippen LogP contribution in [-0.2, 0) is 15.0 Å². The van der Waals surface area contributed by atoms with Crippen molar-refractivity contribution in [3.8, 4) is 5.75 Å². The van der Waals surface area contributed by atoms with Crippen molar-refractivity contribution in [2.45, 2.75) is 58.9 Å². The molecule has 1 aromatic heterocycles. The first kappa shape index (κ1) is 27.2. The minimum absolute atomic E-state index is 0.0185. The van der Waals surface area contributed by atoms with Gasteiger partial charge in [-0.3, -0.25) is 14.5 Å². The van der Waals surface area contributed by atoms with Crippen molar-refractivity contribution < 1.29 is 19.4 Å². The van der Waals surface area contributed by atoms with Crippen LogP contribution in [0.5, 0.6) is 5.75 Å². The first-order chi connectivity index (χ1) is 18.9. The smallest absolute Gasteiger partial charge is 0.302 e. The number of aliphatic hydroxyl groups excluding tert-OH is 1. The van der Waals surface area contributed by atoms with Gasteiger partial charge in [0.05, 0.1) is 29.8 Å². The third-order valence-electron chi connectivity index (χ3n) is 7.52. The summed E-state index contributed by atoms with van der Waals surface area (Å²) in [4.78, 5) is 36.5. The average molecular weight is 538 g/mol. The van der Waals surface area contributed by atoms with Crippen LogP contribution in [0.1, 0.15) is 74.4 Å². The summed E-state index contributed by atoms with van der Waals surface area (Å²) in [6, 6.07) is 18.0. The lowest BCUT2D eigenvalue weighted by Crippen LogP contribution is -2.30. The van der Waals surface area contributed by atoms with E-state index in [1.165, 1.54) is 4.90 Å². The number of aliphatic hydroxyl groups is 1. The number of carbonyl (C=O) groups excluding carboxylic acids is 2. The van der Waals surface area contributed by atoms with Crippen LogP contribution in [0.15, 0.2) is 66.2 Å². The Morgan fingerprint density at radius 3 is 2.35 bits per heavy atom. The van der Waals surface area contributed by atoms with E-state index in [1.54, 1.807) is 19.2 Å². The number of imidazole rings is 1. The van der Waals surface area contributed by atoms with Gasteiger partial charge in [-0.1, -0.05) is 65.0 Å². The number of rotatable bonds is 5. The second-order valence-corrected chi connectivity index (χ2v) is 11.7. The quantitative estimate of drug-likeness (QED) is 0.164. The van der Waals surface area contributed by atoms with Crippen LogP contribution in [0.25, 0.3) is 16.8 Å². The van der Waals surface area contributed by atoms with Gasteiger partial charge in [-0.15, -0.1) is 0 Å². The summed E-state index contributed by atoms with van der Waals surface area (Å²) < 4.78 is 5.51. The van der Waals surface area contributed by atoms with Gasteiger partial charge in [-0.2, -0.15) is 0 Å². The maximum atomic E-state index is 13.6. The second kappa shape index (κ2) is 9.97. The molecule has 1 unspecified atom stereocenters. The Morgan fingerprint density at radius 2 is 1.73 bits per heavy atom. The van der Waals surface area contributed by atoms with Crippen molar-refractivity contribution in [2.75, 3.05) is 12.0 Å². The molecule has 7 nitrogen and oxygen atoms in total. The number of carbonyl (C=O) groups is 2. The topological polar surface area (TPSA) is 95.5 Å². The fourth-order valence-electron chi connectivity index (χ4n) is 5.24. The molecular formula is C33H35N3O4. The predicted octanol–water partition coefficient (Wildman–Crippen LogP) is 6.93. The number of anilines is 1. The number of nitrogens with one attached hydrogen (secondary N) is 1. The van der Waals surface area contributed by atoms with Crippen molar-refractivity contribution in [3.05, 3.63) is 94.1 Å². The number of methoxy groups -OCH3 is 1. The van der Waals surface area contributed by atoms with Crippen LogP contribution in [0.3, 0.4) is 0 Å². The summed E-state index contributed by atoms with van der Waals surface area (Å²) in [5, 5.41) is 11.6. The molecule has 7 heteroatoms. The van der Waals surface area contributed by atoms with Crippen LogP contribution in [0, 0.1) is 6.92 Å². The molecule has 3 aromatic carbocycles. The SMILES string of the molecule is COc1ccc(/C(O)=C2\C(=O)C(=O)N(c3nc4ccc(C)cc4[nH]3)C2c2ccc(C(C)(C)C)cc2)cc1C(C)C. The van der Waals surface area contributed by atoms with Gasteiger partial charge in [-0.25, -0.2) is 4.98 Å². The largest absolute Gasteiger partial charge is 0.507 e. The normalized spacial score (nSPS) is 17.3. The van der Waals surface area contributed by atoms with Crippen LogP contribution in [-0.4, -0.2) is 33.9 Å². The maximum absolute atomic E-state index is 13.6. The number of hydrogen-bond donors (Lipinski definition) is 2. The number of Topliss-reactive ketones (excluding diaryl/α,β-unsaturated/α-hetero) is 1. The van der Waals surface area contributed by atoms with Gasteiger partial charge in [0.1, 0.15) is 11.5 Å². The van der Waals surface area contributed by atoms with Gasteiger partial charge in [0.15, 0.2) is 0 Å². The number of aryl methyl sites for hydroxylation is 1. The van der Waals surface area contributed by atoms with Crippen LogP contribution >= 0.6 is 0 Å². The summed E-state index contributed by atoms with van der Waals surface area (Å²) in [7, 11) is 1.60. The zero-order valence-corrected chi connectivity index (χ0v) is 24.0. The molecule has 0 bridgehead atoms. The molecule has 1 aliphatic heterocycles. The molecule has 0 aliphatic carbocycles. The first-order valence-electron chi connectivity index (χ1n) is 13.5. The second-order valence-electron chi connectivity index (χ2n) is 11.7. The highest BCUT2D eigenvalue weighted by molar-refractivity contribution is 6.51. The molecule has 40 heavy (non-hydrogen) atoms. The molecule has 2 heterocycles. The van der Waals surface area contributed by atoms with E-state index in [0.717, 1.165) is 22.2 Å². The zero-order valence-electron chi connectivity index (χ0n) is 24.0. The molecule has 1 saturated heterocycles. The van der Waals surface area contributed by atoms with Gasteiger partial charge in [0.2, 0.25) is 5.95 Å². The number of nitrogens with zero attached hydrogens (tertiary/aromatic N) is 2. The fourth-order valence-corrected chi connectivity index (χ4v) is 5.24. The predicted molar refractivity (Wildman–Crippen MR) is 158 cm³/mol. The Kier molecular flexibility index (Phi) is 6.78. The third-order valence-corrected chi connectivity index (χ3v) is 7.52. The first-order valence-corrected chi connectivity index (χ1v) is 13.5. The molecule has 0 spiro atoms. The number of aromatic amines is 1. The summed E-state index contributed by atoms with van der Waals surface area (Å²) in [6.07, 6.45) is 0. The van der Waals surface area contributed by atoms with Gasteiger partial charge >= 0.3 is 5.91 Å². The van der Waals surface area contributed by atoms with E-state index in [9.17, 15) is 14.7 Å². The highest BCUT2D eigenvalue weighted by atomic mass is 16.5. The van der Waals surface area contributed by atoms with Crippen LogP contribution < -0.4 is 9.64 Å². The van der Waals surface area contributed by atoms with Gasteiger partial charge in [-0.05, 0) is 70.8 Å². The van der Waals surface area contributed by atoms with Crippen LogP contribution in [0.2, 0.25) is 0 Å². The van der Waals surface area contributed by atoms with Crippen molar-refractivity contribution in [1.82, 2.24) is 9.97 Å². The summed E-state index contributed by atoms with van der Waals surface area (Å²) in [5.74, 6) is -0.684. The zero-order chi connectivity index (χ0) is 28.9. The van der Waals surface area contributed by atoms with E-state index in [4.69, 9.17) is 4.74 Å². The molecule has 0 saturated carbocycles. The molecule has 206 valence electrons. The molecule has 2 N–H and O–H groups in total. The lowest BCUT2D eigenvalue weighted by atomic mass is 9.85. The maximum Gasteiger partial charge on any atom is 0.302 e. The minimum atomic E-state index is -0.875. The van der Waals surface area contributed by atoms with E-state index in [0.29, 0.717) is 22.4 Å². The minimum Gasteiger partial charge on any atom is -0.507 e. The number of H-pyrrole nitrogens is 1. The molecule has 1 fully saturated rings. The van der Waals surface area contributed by atoms with Crippen molar-refractivity contribution in [1.29, 1.82) is 0 Å².